The van der Waals surface area contributed by atoms with Crippen LogP contribution in [0.1, 0.15) is 21.7 Å². The fraction of sp³-hybridized carbons (Fsp3) is 0.214. The molecule has 7 heteroatoms. The highest BCUT2D eigenvalue weighted by Crippen LogP contribution is 2.29. The summed E-state index contributed by atoms with van der Waals surface area (Å²) in [6.07, 6.45) is 1.48. The Hall–Kier alpha value is -2.83. The van der Waals surface area contributed by atoms with Crippen molar-refractivity contribution < 1.29 is 14.3 Å². The van der Waals surface area contributed by atoms with Gasteiger partial charge in [-0.3, -0.25) is 9.89 Å². The molecular weight excluding hydrogens is 272 g/mol. The third-order valence-electron chi connectivity index (χ3n) is 2.74. The summed E-state index contributed by atoms with van der Waals surface area (Å²) in [5.74, 6) is 0.752. The molecule has 2 rings (SSSR count). The molecule has 1 aromatic carbocycles. The normalized spacial score (nSPS) is 10.6. The molecule has 2 N–H and O–H groups in total. The van der Waals surface area contributed by atoms with Gasteiger partial charge in [-0.1, -0.05) is 6.07 Å². The van der Waals surface area contributed by atoms with Crippen LogP contribution in [0.25, 0.3) is 0 Å². The van der Waals surface area contributed by atoms with Crippen molar-refractivity contribution in [1.82, 2.24) is 15.6 Å². The molecule has 0 saturated heterocycles. The number of rotatable bonds is 5. The summed E-state index contributed by atoms with van der Waals surface area (Å²) in [6, 6.07) is 7.02. The quantitative estimate of drug-likeness (QED) is 0.644. The molecule has 0 unspecified atom stereocenters. The van der Waals surface area contributed by atoms with Gasteiger partial charge in [-0.25, -0.2) is 5.43 Å². The van der Waals surface area contributed by atoms with Crippen LogP contribution in [-0.2, 0) is 0 Å². The minimum atomic E-state index is -0.391. The zero-order valence-electron chi connectivity index (χ0n) is 12.0. The van der Waals surface area contributed by atoms with Crippen LogP contribution in [-0.4, -0.2) is 36.5 Å². The van der Waals surface area contributed by atoms with Crippen LogP contribution >= 0.6 is 0 Å². The highest BCUT2D eigenvalue weighted by atomic mass is 16.5. The Morgan fingerprint density at radius 1 is 1.38 bits per heavy atom. The lowest BCUT2D eigenvalue weighted by atomic mass is 10.2. The monoisotopic (exact) mass is 288 g/mol. The Kier molecular flexibility index (Phi) is 4.55. The maximum atomic E-state index is 11.8. The number of benzene rings is 1. The summed E-state index contributed by atoms with van der Waals surface area (Å²) in [5, 5.41) is 10.4. The van der Waals surface area contributed by atoms with Gasteiger partial charge < -0.3 is 9.47 Å². The number of hydrogen-bond acceptors (Lipinski definition) is 5. The average molecular weight is 288 g/mol. The first kappa shape index (κ1) is 14.6. The van der Waals surface area contributed by atoms with Gasteiger partial charge in [0.1, 0.15) is 0 Å². The molecule has 0 aliphatic rings. The number of H-pyrrole nitrogens is 1. The molecule has 1 amide bonds. The van der Waals surface area contributed by atoms with Crippen molar-refractivity contribution in [3.8, 4) is 11.5 Å². The van der Waals surface area contributed by atoms with Gasteiger partial charge in [0.05, 0.1) is 20.4 Å². The van der Waals surface area contributed by atoms with Crippen molar-refractivity contribution in [2.75, 3.05) is 14.2 Å². The van der Waals surface area contributed by atoms with Gasteiger partial charge in [0.2, 0.25) is 0 Å². The zero-order chi connectivity index (χ0) is 15.2. The van der Waals surface area contributed by atoms with Crippen molar-refractivity contribution in [3.63, 3.8) is 0 Å². The smallest absolute Gasteiger partial charge is 0.291 e. The average Bonchev–Trinajstić information content (AvgIpc) is 2.93. The Morgan fingerprint density at radius 2 is 2.19 bits per heavy atom. The van der Waals surface area contributed by atoms with E-state index in [9.17, 15) is 4.79 Å². The van der Waals surface area contributed by atoms with Crippen molar-refractivity contribution in [2.45, 2.75) is 6.92 Å². The minimum absolute atomic E-state index is 0.280. The highest BCUT2D eigenvalue weighted by Gasteiger charge is 2.09. The summed E-state index contributed by atoms with van der Waals surface area (Å²) in [4.78, 5) is 11.8. The predicted molar refractivity (Wildman–Crippen MR) is 77.9 cm³/mol. The number of ether oxygens (including phenoxy) is 2. The number of amides is 1. The number of carbonyl (C=O) groups is 1. The first-order chi connectivity index (χ1) is 10.2. The first-order valence-electron chi connectivity index (χ1n) is 6.22. The van der Waals surface area contributed by atoms with Crippen LogP contribution in [0.5, 0.6) is 11.5 Å². The molecule has 1 heterocycles. The Bertz CT molecular complexity index is 664. The van der Waals surface area contributed by atoms with Crippen LogP contribution in [0.4, 0.5) is 0 Å². The van der Waals surface area contributed by atoms with Crippen LogP contribution < -0.4 is 14.9 Å². The van der Waals surface area contributed by atoms with Crippen LogP contribution in [0, 0.1) is 6.92 Å². The van der Waals surface area contributed by atoms with E-state index in [2.05, 4.69) is 20.7 Å². The van der Waals surface area contributed by atoms with Gasteiger partial charge >= 0.3 is 0 Å². The molecule has 0 bridgehead atoms. The third kappa shape index (κ3) is 3.38. The van der Waals surface area contributed by atoms with Gasteiger partial charge in [-0.15, -0.1) is 0 Å². The van der Waals surface area contributed by atoms with Crippen LogP contribution in [0.15, 0.2) is 29.4 Å². The standard InChI is InChI=1S/C14H16N4O3/c1-9-7-11(17-16-9)14(19)18-15-8-10-5-4-6-12(20-2)13(10)21-3/h4-8H,1-3H3,(H,16,17)(H,18,19)/b15-8+. The summed E-state index contributed by atoms with van der Waals surface area (Å²) in [6.45, 7) is 1.81. The highest BCUT2D eigenvalue weighted by molar-refractivity contribution is 5.93. The lowest BCUT2D eigenvalue weighted by molar-refractivity contribution is 0.0950. The van der Waals surface area contributed by atoms with E-state index in [4.69, 9.17) is 9.47 Å². The number of methoxy groups -OCH3 is 2. The lowest BCUT2D eigenvalue weighted by Gasteiger charge is -2.09. The third-order valence-corrected chi connectivity index (χ3v) is 2.74. The molecule has 0 atom stereocenters. The van der Waals surface area contributed by atoms with E-state index >= 15 is 0 Å². The number of hydrogen-bond donors (Lipinski definition) is 2. The molecule has 0 saturated carbocycles. The molecule has 110 valence electrons. The second kappa shape index (κ2) is 6.56. The Labute approximate surface area is 122 Å². The predicted octanol–water partition coefficient (Wildman–Crippen LogP) is 1.50. The molecule has 0 radical (unpaired) electrons. The largest absolute Gasteiger partial charge is 0.493 e. The number of hydrazone groups is 1. The van der Waals surface area contributed by atoms with Crippen LogP contribution in [0.2, 0.25) is 0 Å². The van der Waals surface area contributed by atoms with Crippen molar-refractivity contribution in [2.24, 2.45) is 5.10 Å². The molecule has 0 aliphatic carbocycles. The summed E-state index contributed by atoms with van der Waals surface area (Å²) >= 11 is 0. The molecule has 1 aromatic heterocycles. The van der Waals surface area contributed by atoms with E-state index < -0.39 is 5.91 Å². The Morgan fingerprint density at radius 3 is 2.81 bits per heavy atom. The molecule has 0 aliphatic heterocycles. The van der Waals surface area contributed by atoms with Gasteiger partial charge in [-0.2, -0.15) is 10.2 Å². The fourth-order valence-corrected chi connectivity index (χ4v) is 1.77. The van der Waals surface area contributed by atoms with Gasteiger partial charge in [0, 0.05) is 11.3 Å². The van der Waals surface area contributed by atoms with E-state index in [1.807, 2.05) is 13.0 Å². The van der Waals surface area contributed by atoms with Crippen LogP contribution in [0.3, 0.4) is 0 Å². The van der Waals surface area contributed by atoms with E-state index in [1.54, 1.807) is 32.4 Å². The number of nitrogens with one attached hydrogen (secondary N) is 2. The van der Waals surface area contributed by atoms with Crippen molar-refractivity contribution in [1.29, 1.82) is 0 Å². The number of aromatic amines is 1. The van der Waals surface area contributed by atoms with Gasteiger partial charge in [0.15, 0.2) is 17.2 Å². The summed E-state index contributed by atoms with van der Waals surface area (Å²) in [5.41, 5.74) is 4.18. The summed E-state index contributed by atoms with van der Waals surface area (Å²) < 4.78 is 10.5. The maximum absolute atomic E-state index is 11.8. The van der Waals surface area contributed by atoms with E-state index in [0.717, 1.165) is 5.69 Å². The van der Waals surface area contributed by atoms with Gasteiger partial charge in [0.25, 0.3) is 5.91 Å². The number of para-hydroxylation sites is 1. The van der Waals surface area contributed by atoms with E-state index in [1.165, 1.54) is 6.21 Å². The number of aromatic nitrogens is 2. The SMILES string of the molecule is COc1cccc(/C=N/NC(=O)c2cc(C)[nH]n2)c1OC. The van der Waals surface area contributed by atoms with Gasteiger partial charge in [-0.05, 0) is 25.1 Å². The molecule has 0 fully saturated rings. The molecular formula is C14H16N4O3. The maximum Gasteiger partial charge on any atom is 0.291 e. The van der Waals surface area contributed by atoms with E-state index in [0.29, 0.717) is 17.1 Å². The van der Waals surface area contributed by atoms with E-state index in [-0.39, 0.29) is 5.69 Å². The second-order valence-corrected chi connectivity index (χ2v) is 4.22. The molecule has 21 heavy (non-hydrogen) atoms. The van der Waals surface area contributed by atoms with Crippen molar-refractivity contribution in [3.05, 3.63) is 41.2 Å². The lowest BCUT2D eigenvalue weighted by Crippen LogP contribution is -2.18. The molecule has 2 aromatic rings. The fourth-order valence-electron chi connectivity index (χ4n) is 1.77. The van der Waals surface area contributed by atoms with Crippen molar-refractivity contribution >= 4 is 12.1 Å². The number of carbonyl (C=O) groups excluding carboxylic acids is 1. The molecule has 7 nitrogen and oxygen atoms in total. The minimum Gasteiger partial charge on any atom is -0.493 e. The number of nitrogens with zero attached hydrogens (tertiary/aromatic N) is 2. The zero-order valence-corrected chi connectivity index (χ0v) is 12.0. The number of aryl methyl sites for hydroxylation is 1. The Balaban J connectivity index is 2.09. The summed E-state index contributed by atoms with van der Waals surface area (Å²) in [7, 11) is 3.10. The second-order valence-electron chi connectivity index (χ2n) is 4.22. The molecule has 0 spiro atoms. The first-order valence-corrected chi connectivity index (χ1v) is 6.22. The topological polar surface area (TPSA) is 88.6 Å².